The Kier molecular flexibility index (Phi) is 32.3. The average Bonchev–Trinajstić information content (AvgIpc) is 3.29. The third kappa shape index (κ3) is 28.8. The second kappa shape index (κ2) is 35.5. The number of primary amides is 2. The molecule has 0 aromatic heterocycles. The highest BCUT2D eigenvalue weighted by atomic mass is 32.2. The van der Waals surface area contributed by atoms with Gasteiger partial charge in [-0.1, -0.05) is 55.4 Å². The molecule has 20 N–H and O–H groups in total. The van der Waals surface area contributed by atoms with E-state index >= 15 is 0 Å². The third-order valence-electron chi connectivity index (χ3n) is 11.2. The van der Waals surface area contributed by atoms with Gasteiger partial charge >= 0.3 is 11.9 Å². The third-order valence-corrected chi connectivity index (χ3v) is 11.8. The van der Waals surface area contributed by atoms with Gasteiger partial charge in [-0.05, 0) is 80.6 Å². The van der Waals surface area contributed by atoms with Crippen LogP contribution in [0.5, 0.6) is 0 Å². The van der Waals surface area contributed by atoms with Crippen molar-refractivity contribution >= 4 is 88.7 Å². The highest BCUT2D eigenvalue weighted by molar-refractivity contribution is 7.98. The molecule has 0 saturated heterocycles. The normalized spacial score (nSPS) is 14.8. The van der Waals surface area contributed by atoms with Crippen molar-refractivity contribution in [1.82, 2.24) is 42.5 Å². The van der Waals surface area contributed by atoms with Crippen LogP contribution in [-0.2, 0) is 57.5 Å². The molecule has 9 atom stereocenters. The first-order valence-corrected chi connectivity index (χ1v) is 26.4. The molecule has 0 aliphatic carbocycles. The molecule has 29 heteroatoms. The minimum absolute atomic E-state index is 0.00361. The lowest BCUT2D eigenvalue weighted by Crippen LogP contribution is -2.61. The second-order valence-corrected chi connectivity index (χ2v) is 21.0. The number of carbonyl (C=O) groups is 12. The topological polar surface area (TPSA) is 484 Å². The van der Waals surface area contributed by atoms with Crippen LogP contribution in [-0.4, -0.2) is 160 Å². The number of aliphatic imine (C=N–C) groups is 1. The summed E-state index contributed by atoms with van der Waals surface area (Å²) in [6.07, 6.45) is -0.561. The largest absolute Gasteiger partial charge is 0.481 e. The van der Waals surface area contributed by atoms with E-state index in [1.54, 1.807) is 61.6 Å². The van der Waals surface area contributed by atoms with Crippen molar-refractivity contribution in [1.29, 1.82) is 0 Å². The van der Waals surface area contributed by atoms with Gasteiger partial charge in [-0.2, -0.15) is 11.8 Å². The SMILES string of the molecule is CSCCC(NC(=O)C(CC(C)C)NC(=O)C(CC(C)C)NC(=O)C(CCC(N)=O)NC(=O)C(CC(C)C)NC(=O)C(N)CC(N)=O)C(=O)NC(CC(=O)O)C(=O)NC(CCCN=C(N)N)C(=O)NC(C(=O)O)C(C)C. The van der Waals surface area contributed by atoms with Gasteiger partial charge in [0.25, 0.3) is 0 Å². The molecule has 432 valence electrons. The van der Waals surface area contributed by atoms with Crippen molar-refractivity contribution in [3.05, 3.63) is 0 Å². The van der Waals surface area contributed by atoms with Crippen LogP contribution >= 0.6 is 11.8 Å². The molecule has 0 heterocycles. The number of nitrogens with zero attached hydrogens (tertiary/aromatic N) is 1. The van der Waals surface area contributed by atoms with Crippen molar-refractivity contribution in [2.24, 2.45) is 57.3 Å². The summed E-state index contributed by atoms with van der Waals surface area (Å²) in [5.41, 5.74) is 27.1. The molecule has 0 radical (unpaired) electrons. The zero-order valence-electron chi connectivity index (χ0n) is 45.0. The maximum Gasteiger partial charge on any atom is 0.326 e. The molecule has 0 rings (SSSR count). The van der Waals surface area contributed by atoms with Crippen molar-refractivity contribution in [3.63, 3.8) is 0 Å². The Labute approximate surface area is 447 Å². The molecule has 9 unspecified atom stereocenters. The molecule has 0 bridgehead atoms. The van der Waals surface area contributed by atoms with E-state index in [-0.39, 0.29) is 87.4 Å². The molecule has 0 aliphatic rings. The molecule has 0 aromatic rings. The van der Waals surface area contributed by atoms with Crippen LogP contribution < -0.4 is 71.2 Å². The lowest BCUT2D eigenvalue weighted by atomic mass is 9.99. The highest BCUT2D eigenvalue weighted by Crippen LogP contribution is 2.14. The van der Waals surface area contributed by atoms with E-state index in [2.05, 4.69) is 47.5 Å². The van der Waals surface area contributed by atoms with Gasteiger partial charge in [-0.25, -0.2) is 4.79 Å². The number of hydrogen-bond donors (Lipinski definition) is 15. The van der Waals surface area contributed by atoms with E-state index < -0.39 is 144 Å². The van der Waals surface area contributed by atoms with Crippen molar-refractivity contribution < 1.29 is 67.7 Å². The summed E-state index contributed by atoms with van der Waals surface area (Å²) in [6, 6.07) is -12.9. The van der Waals surface area contributed by atoms with Gasteiger partial charge < -0.3 is 81.4 Å². The van der Waals surface area contributed by atoms with Gasteiger partial charge in [0.1, 0.15) is 48.3 Å². The number of hydrogen-bond acceptors (Lipinski definition) is 15. The Morgan fingerprint density at radius 3 is 1.21 bits per heavy atom. The zero-order valence-corrected chi connectivity index (χ0v) is 45.8. The minimum Gasteiger partial charge on any atom is -0.481 e. The summed E-state index contributed by atoms with van der Waals surface area (Å²) < 4.78 is 0. The number of carboxylic acids is 2. The Morgan fingerprint density at radius 2 is 0.842 bits per heavy atom. The summed E-state index contributed by atoms with van der Waals surface area (Å²) in [5.74, 6) is -13.2. The van der Waals surface area contributed by atoms with Crippen LogP contribution in [0, 0.1) is 23.7 Å². The Bertz CT molecular complexity index is 2040. The Balaban J connectivity index is 6.80. The molecule has 28 nitrogen and oxygen atoms in total. The van der Waals surface area contributed by atoms with Gasteiger partial charge in [-0.15, -0.1) is 0 Å². The number of aliphatic carboxylic acids is 2. The number of amides is 10. The predicted octanol–water partition coefficient (Wildman–Crippen LogP) is -3.51. The van der Waals surface area contributed by atoms with Crippen LogP contribution in [0.2, 0.25) is 0 Å². The molecule has 76 heavy (non-hydrogen) atoms. The first-order valence-electron chi connectivity index (χ1n) is 25.0. The van der Waals surface area contributed by atoms with Gasteiger partial charge in [0.15, 0.2) is 5.96 Å². The molecular formula is C47H84N14O14S. The summed E-state index contributed by atoms with van der Waals surface area (Å²) in [7, 11) is 0. The number of carbonyl (C=O) groups excluding carboxylic acids is 10. The van der Waals surface area contributed by atoms with E-state index in [0.29, 0.717) is 0 Å². The summed E-state index contributed by atoms with van der Waals surface area (Å²) in [4.78, 5) is 161. The Hall–Kier alpha value is -6.78. The van der Waals surface area contributed by atoms with Crippen LogP contribution in [0.25, 0.3) is 0 Å². The highest BCUT2D eigenvalue weighted by Gasteiger charge is 2.36. The van der Waals surface area contributed by atoms with Crippen LogP contribution in [0.15, 0.2) is 4.99 Å². The van der Waals surface area contributed by atoms with Crippen molar-refractivity contribution in [2.45, 2.75) is 174 Å². The Morgan fingerprint density at radius 1 is 0.474 bits per heavy atom. The van der Waals surface area contributed by atoms with E-state index in [1.165, 1.54) is 11.8 Å². The lowest BCUT2D eigenvalue weighted by Gasteiger charge is -2.29. The average molecular weight is 1100 g/mol. The molecule has 0 spiro atoms. The fourth-order valence-corrected chi connectivity index (χ4v) is 7.79. The minimum atomic E-state index is -1.83. The van der Waals surface area contributed by atoms with Crippen molar-refractivity contribution in [3.8, 4) is 0 Å². The van der Waals surface area contributed by atoms with E-state index in [1.807, 2.05) is 0 Å². The molecule has 0 fully saturated rings. The predicted molar refractivity (Wildman–Crippen MR) is 282 cm³/mol. The molecule has 0 aliphatic heterocycles. The lowest BCUT2D eigenvalue weighted by molar-refractivity contribution is -0.144. The summed E-state index contributed by atoms with van der Waals surface area (Å²) in [5, 5.41) is 39.4. The fraction of sp³-hybridized carbons (Fsp3) is 0.723. The maximum absolute atomic E-state index is 14.2. The fourth-order valence-electron chi connectivity index (χ4n) is 7.31. The standard InChI is InChI=1S/C47H84N14O14S/c1-22(2)17-30(57-38(66)26(48)20-35(50)63)42(70)55-28(12-13-34(49)62)39(67)58-32(19-24(5)6)44(72)59-31(18-23(3)4)43(71)56-29(14-16-76-9)40(68)60-33(21-36(64)65)45(73)54-27(11-10-15-53-47(51)52)41(69)61-37(25(7)8)46(74)75/h22-33,37H,10-21,48H2,1-9H3,(H2,49,62)(H2,50,63)(H,54,73)(H,55,70)(H,56,71)(H,57,66)(H,58,67)(H,59,72)(H,60,68)(H,61,69)(H,64,65)(H,74,75)(H4,51,52,53). The smallest absolute Gasteiger partial charge is 0.326 e. The number of nitrogens with two attached hydrogens (primary N) is 5. The van der Waals surface area contributed by atoms with Crippen LogP contribution in [0.4, 0.5) is 0 Å². The molecule has 10 amide bonds. The zero-order chi connectivity index (χ0) is 58.6. The summed E-state index contributed by atoms with van der Waals surface area (Å²) >= 11 is 1.29. The number of carboxylic acid groups (broad SMARTS) is 2. The van der Waals surface area contributed by atoms with Crippen molar-refractivity contribution in [2.75, 3.05) is 18.6 Å². The number of guanidine groups is 1. The van der Waals surface area contributed by atoms with Crippen LogP contribution in [0.3, 0.4) is 0 Å². The van der Waals surface area contributed by atoms with Gasteiger partial charge in [0, 0.05) is 13.0 Å². The number of nitrogens with one attached hydrogen (secondary N) is 8. The first-order chi connectivity index (χ1) is 35.3. The van der Waals surface area contributed by atoms with Crippen LogP contribution in [0.1, 0.15) is 120 Å². The van der Waals surface area contributed by atoms with E-state index in [4.69, 9.17) is 28.7 Å². The second-order valence-electron chi connectivity index (χ2n) is 20.0. The quantitative estimate of drug-likeness (QED) is 0.0162. The van der Waals surface area contributed by atoms with Gasteiger partial charge in [0.2, 0.25) is 59.1 Å². The van der Waals surface area contributed by atoms with Gasteiger partial charge in [-0.3, -0.25) is 57.7 Å². The molecular weight excluding hydrogens is 1020 g/mol. The van der Waals surface area contributed by atoms with E-state index in [9.17, 15) is 67.7 Å². The molecule has 0 saturated carbocycles. The van der Waals surface area contributed by atoms with E-state index in [0.717, 1.165) is 0 Å². The monoisotopic (exact) mass is 1100 g/mol. The number of rotatable bonds is 38. The first kappa shape index (κ1) is 69.2. The number of thioether (sulfide) groups is 1. The maximum atomic E-state index is 14.2. The summed E-state index contributed by atoms with van der Waals surface area (Å²) in [6.45, 7) is 13.6. The van der Waals surface area contributed by atoms with Gasteiger partial charge in [0.05, 0.1) is 18.9 Å². The molecule has 0 aromatic carbocycles.